The van der Waals surface area contributed by atoms with Crippen LogP contribution in [-0.2, 0) is 32.7 Å². The van der Waals surface area contributed by atoms with E-state index < -0.39 is 0 Å². The van der Waals surface area contributed by atoms with Crippen molar-refractivity contribution in [3.05, 3.63) is 5.32 Å². The molecule has 1 radical (unpaired) electrons. The van der Waals surface area contributed by atoms with E-state index in [0.29, 0.717) is 6.04 Å². The van der Waals surface area contributed by atoms with Crippen LogP contribution in [0.25, 0.3) is 5.32 Å². The van der Waals surface area contributed by atoms with Gasteiger partial charge in [-0.3, -0.25) is 9.80 Å². The van der Waals surface area contributed by atoms with Crippen LogP contribution in [0.3, 0.4) is 0 Å². The Morgan fingerprint density at radius 3 is 2.19 bits per heavy atom. The maximum atomic E-state index is 5.02. The molecule has 0 spiro atoms. The molecule has 5 heteroatoms. The molecule has 0 saturated carbocycles. The van der Waals surface area contributed by atoms with Crippen LogP contribution in [0, 0.1) is 0 Å². The summed E-state index contributed by atoms with van der Waals surface area (Å²) < 4.78 is 0. The van der Waals surface area contributed by atoms with E-state index in [1.54, 1.807) is 0 Å². The van der Waals surface area contributed by atoms with Gasteiger partial charge in [-0.2, -0.15) is 0 Å². The number of hydrogen-bond donors (Lipinski definition) is 0. The Labute approximate surface area is 188 Å². The summed E-state index contributed by atoms with van der Waals surface area (Å²) >= 11 is 0. The topological polar surface area (TPSA) is 23.8 Å². The molecule has 0 aromatic carbocycles. The Bertz CT molecular complexity index is 436. The van der Waals surface area contributed by atoms with Gasteiger partial charge in [-0.05, 0) is 67.6 Å². The molecule has 2 heterocycles. The molecule has 0 aromatic rings. The third-order valence-corrected chi connectivity index (χ3v) is 6.59. The normalized spacial score (nSPS) is 35.8. The molecule has 2 fully saturated rings. The average Bonchev–Trinajstić information content (AvgIpc) is 2.45. The summed E-state index contributed by atoms with van der Waals surface area (Å²) in [5.74, 6) is 0. The minimum absolute atomic E-state index is 0. The van der Waals surface area contributed by atoms with Crippen molar-refractivity contribution in [2.75, 3.05) is 39.9 Å². The van der Waals surface area contributed by atoms with Gasteiger partial charge in [0.25, 0.3) is 0 Å². The van der Waals surface area contributed by atoms with E-state index >= 15 is 0 Å². The van der Waals surface area contributed by atoms with Crippen LogP contribution >= 0.6 is 0 Å². The van der Waals surface area contributed by atoms with E-state index in [4.69, 9.17) is 5.32 Å². The quantitative estimate of drug-likeness (QED) is 0.565. The van der Waals surface area contributed by atoms with Gasteiger partial charge in [-0.1, -0.05) is 26.7 Å². The minimum Gasteiger partial charge on any atom is -0.657 e. The van der Waals surface area contributed by atoms with Crippen LogP contribution in [0.1, 0.15) is 74.1 Å². The molecule has 3 atom stereocenters. The largest absolute Gasteiger partial charge is 0.657 e. The Hall–Kier alpha value is 0.944. The third kappa shape index (κ3) is 6.77. The van der Waals surface area contributed by atoms with E-state index in [1.165, 1.54) is 32.4 Å². The molecule has 2 bridgehead atoms. The van der Waals surface area contributed by atoms with E-state index in [-0.39, 0.29) is 49.3 Å². The fourth-order valence-corrected chi connectivity index (χ4v) is 4.89. The molecule has 3 unspecified atom stereocenters. The van der Waals surface area contributed by atoms with Crippen LogP contribution in [0.4, 0.5) is 0 Å². The van der Waals surface area contributed by atoms with Crippen LogP contribution in [0.2, 0.25) is 0 Å². The van der Waals surface area contributed by atoms with Gasteiger partial charge < -0.3 is 10.2 Å². The second kappa shape index (κ2) is 9.63. The summed E-state index contributed by atoms with van der Waals surface area (Å²) in [7, 11) is 2.31. The average molecular weight is 441 g/mol. The van der Waals surface area contributed by atoms with Crippen molar-refractivity contribution in [3.8, 4) is 0 Å². The number of fused-ring (bicyclic) bond motifs is 2. The van der Waals surface area contributed by atoms with Crippen molar-refractivity contribution in [1.82, 2.24) is 14.7 Å². The summed E-state index contributed by atoms with van der Waals surface area (Å²) in [6.07, 6.45) is 4.77. The van der Waals surface area contributed by atoms with Gasteiger partial charge in [-0.15, -0.1) is 12.1 Å². The van der Waals surface area contributed by atoms with Gasteiger partial charge in [0, 0.05) is 56.4 Å². The molecule has 4 nitrogen and oxygen atoms in total. The van der Waals surface area contributed by atoms with Crippen molar-refractivity contribution in [2.24, 2.45) is 0 Å². The van der Waals surface area contributed by atoms with Gasteiger partial charge in [0.2, 0.25) is 0 Å². The van der Waals surface area contributed by atoms with Crippen molar-refractivity contribution in [1.29, 1.82) is 0 Å². The molecule has 0 amide bonds. The Balaban J connectivity index is 0.00000338. The minimum atomic E-state index is 0. The summed E-state index contributed by atoms with van der Waals surface area (Å²) in [5, 5.41) is 5.02. The zero-order valence-electron chi connectivity index (χ0n) is 18.8. The second-order valence-corrected chi connectivity index (χ2v) is 10.4. The number of rotatable bonds is 0. The predicted molar refractivity (Wildman–Crippen MR) is 109 cm³/mol. The van der Waals surface area contributed by atoms with Gasteiger partial charge in [-0.25, -0.2) is 0 Å². The number of nitrogens with zero attached hydrogens (tertiary/aromatic N) is 4. The zero-order chi connectivity index (χ0) is 18.9. The second-order valence-electron chi connectivity index (χ2n) is 10.4. The number of hydrogen-bond acceptors (Lipinski definition) is 3. The molecule has 0 aromatic heterocycles. The van der Waals surface area contributed by atoms with Crippen molar-refractivity contribution in [3.63, 3.8) is 0 Å². The van der Waals surface area contributed by atoms with Crippen molar-refractivity contribution < 1.29 is 32.7 Å². The smallest absolute Gasteiger partial charge is 0.0513 e. The molecule has 0 N–H and O–H groups in total. The van der Waals surface area contributed by atoms with E-state index in [0.717, 1.165) is 26.2 Å². The zero-order valence-corrected chi connectivity index (χ0v) is 21.6. The van der Waals surface area contributed by atoms with Gasteiger partial charge >= 0.3 is 0 Å². The molecule has 26 heavy (non-hydrogen) atoms. The molecular weight excluding hydrogens is 397 g/mol. The van der Waals surface area contributed by atoms with Crippen molar-refractivity contribution in [2.45, 2.75) is 96.8 Å². The first-order chi connectivity index (χ1) is 11.4. The van der Waals surface area contributed by atoms with Crippen LogP contribution in [-0.4, -0.2) is 77.3 Å². The molecule has 2 aliphatic heterocycles. The molecule has 0 aliphatic carbocycles. The Morgan fingerprint density at radius 1 is 0.885 bits per heavy atom. The predicted octanol–water partition coefficient (Wildman–Crippen LogP) is 4.16. The van der Waals surface area contributed by atoms with E-state index in [9.17, 15) is 0 Å². The standard InChI is InChI=1S/C21H43N4.Y/c1-18-15-19(2,3)22-11-9-14-25-17-24(18)13-10-12-23(8)20(4,5)16-21(25,6)7;/h18H,9-17H2,1-8H3;/q-1;. The van der Waals surface area contributed by atoms with Crippen molar-refractivity contribution >= 4 is 0 Å². The van der Waals surface area contributed by atoms with Gasteiger partial charge in [0.05, 0.1) is 6.67 Å². The third-order valence-electron chi connectivity index (χ3n) is 6.59. The Morgan fingerprint density at radius 2 is 1.54 bits per heavy atom. The molecular formula is C21H43N4Y-. The summed E-state index contributed by atoms with van der Waals surface area (Å²) in [6.45, 7) is 22.4. The van der Waals surface area contributed by atoms with Gasteiger partial charge in [0.15, 0.2) is 0 Å². The van der Waals surface area contributed by atoms with E-state index in [1.807, 2.05) is 0 Å². The maximum Gasteiger partial charge on any atom is 0.0513 e. The summed E-state index contributed by atoms with van der Waals surface area (Å²) in [6, 6.07) is 0.577. The van der Waals surface area contributed by atoms with E-state index in [2.05, 4.69) is 70.2 Å². The molecule has 2 saturated heterocycles. The fourth-order valence-electron chi connectivity index (χ4n) is 4.89. The molecule has 2 rings (SSSR count). The summed E-state index contributed by atoms with van der Waals surface area (Å²) in [5.41, 5.74) is 0.534. The first-order valence-electron chi connectivity index (χ1n) is 10.3. The first-order valence-corrected chi connectivity index (χ1v) is 10.3. The molecule has 2 aliphatic rings. The summed E-state index contributed by atoms with van der Waals surface area (Å²) in [4.78, 5) is 8.03. The Kier molecular flexibility index (Phi) is 9.25. The van der Waals surface area contributed by atoms with Crippen LogP contribution in [0.15, 0.2) is 0 Å². The SMILES string of the molecule is CC1CC(C)(C)[N-]CCCN2CN1CCCN(C)C(C)(C)CC2(C)C.[Y]. The molecule has 151 valence electrons. The van der Waals surface area contributed by atoms with Crippen LogP contribution in [0.5, 0.6) is 0 Å². The maximum absolute atomic E-state index is 5.02. The van der Waals surface area contributed by atoms with Crippen LogP contribution < -0.4 is 0 Å². The van der Waals surface area contributed by atoms with Gasteiger partial charge in [0.1, 0.15) is 0 Å². The monoisotopic (exact) mass is 440 g/mol. The first kappa shape index (κ1) is 25.0. The fraction of sp³-hybridized carbons (Fsp3) is 1.00.